The zero-order chi connectivity index (χ0) is 24.6. The summed E-state index contributed by atoms with van der Waals surface area (Å²) in [5, 5.41) is 2.84. The van der Waals surface area contributed by atoms with Crippen LogP contribution >= 0.6 is 0 Å². The number of hydrogen-bond donors (Lipinski definition) is 2. The number of esters is 1. The Hall–Kier alpha value is -4.45. The number of carbonyl (C=O) groups is 2. The van der Waals surface area contributed by atoms with Gasteiger partial charge >= 0.3 is 5.97 Å². The molecule has 0 atom stereocenters. The Kier molecular flexibility index (Phi) is 7.53. The van der Waals surface area contributed by atoms with E-state index in [0.29, 0.717) is 23.3 Å². The van der Waals surface area contributed by atoms with Crippen molar-refractivity contribution in [2.75, 3.05) is 6.54 Å². The number of aromatic amines is 1. The first-order chi connectivity index (χ1) is 17.0. The van der Waals surface area contributed by atoms with E-state index in [1.807, 2.05) is 42.5 Å². The Morgan fingerprint density at radius 2 is 1.51 bits per heavy atom. The molecule has 35 heavy (non-hydrogen) atoms. The summed E-state index contributed by atoms with van der Waals surface area (Å²) in [5.41, 5.74) is 4.00. The molecular formula is C29H26N2O4. The van der Waals surface area contributed by atoms with Crippen LogP contribution in [0.2, 0.25) is 0 Å². The highest BCUT2D eigenvalue weighted by Gasteiger charge is 2.18. The molecule has 0 saturated heterocycles. The van der Waals surface area contributed by atoms with Gasteiger partial charge in [-0.15, -0.1) is 0 Å². The minimum atomic E-state index is -0.453. The first kappa shape index (κ1) is 23.7. The van der Waals surface area contributed by atoms with Crippen molar-refractivity contribution in [3.8, 4) is 5.75 Å². The third-order valence-corrected chi connectivity index (χ3v) is 5.64. The van der Waals surface area contributed by atoms with Crippen LogP contribution in [0.5, 0.6) is 5.75 Å². The molecule has 176 valence electrons. The highest BCUT2D eigenvalue weighted by Crippen LogP contribution is 2.31. The van der Waals surface area contributed by atoms with Gasteiger partial charge in [0.2, 0.25) is 0 Å². The number of pyridine rings is 1. The van der Waals surface area contributed by atoms with Crippen LogP contribution in [0.25, 0.3) is 0 Å². The lowest BCUT2D eigenvalue weighted by atomic mass is 9.85. The van der Waals surface area contributed by atoms with Crippen molar-refractivity contribution in [3.63, 3.8) is 0 Å². The van der Waals surface area contributed by atoms with E-state index in [1.165, 1.54) is 13.0 Å². The quantitative estimate of drug-likeness (QED) is 0.297. The monoisotopic (exact) mass is 466 g/mol. The van der Waals surface area contributed by atoms with Crippen molar-refractivity contribution < 1.29 is 14.3 Å². The van der Waals surface area contributed by atoms with E-state index in [2.05, 4.69) is 34.6 Å². The van der Waals surface area contributed by atoms with Gasteiger partial charge in [-0.05, 0) is 47.4 Å². The standard InChI is InChI=1S/C29H26N2O4/c1-20(32)35-26-14-8-13-23(18-26)28(33)30-16-15-24-17-25(19-31-29(24)34)27(21-9-4-2-5-10-21)22-11-6-3-7-12-22/h2-14,17-19,27H,15-16H2,1H3,(H,30,33)(H,31,34). The van der Waals surface area contributed by atoms with Crippen LogP contribution in [-0.2, 0) is 11.2 Å². The van der Waals surface area contributed by atoms with Crippen molar-refractivity contribution >= 4 is 11.9 Å². The molecule has 1 aromatic heterocycles. The van der Waals surface area contributed by atoms with Crippen molar-refractivity contribution in [1.29, 1.82) is 0 Å². The molecule has 0 aliphatic carbocycles. The average molecular weight is 467 g/mol. The Morgan fingerprint density at radius 1 is 0.857 bits per heavy atom. The third kappa shape index (κ3) is 6.12. The molecule has 4 aromatic rings. The predicted octanol–water partition coefficient (Wildman–Crippen LogP) is 4.45. The number of benzene rings is 3. The van der Waals surface area contributed by atoms with Gasteiger partial charge in [0.1, 0.15) is 5.75 Å². The van der Waals surface area contributed by atoms with Gasteiger partial charge in [0, 0.05) is 36.7 Å². The Bertz CT molecular complexity index is 1320. The summed E-state index contributed by atoms with van der Waals surface area (Å²) in [4.78, 5) is 39.1. The van der Waals surface area contributed by atoms with Gasteiger partial charge in [-0.2, -0.15) is 0 Å². The van der Waals surface area contributed by atoms with Gasteiger partial charge in [0.25, 0.3) is 11.5 Å². The molecule has 0 unspecified atom stereocenters. The zero-order valence-corrected chi connectivity index (χ0v) is 19.4. The average Bonchev–Trinajstić information content (AvgIpc) is 2.87. The van der Waals surface area contributed by atoms with Crippen LogP contribution in [0.1, 0.15) is 45.5 Å². The van der Waals surface area contributed by atoms with Crippen molar-refractivity contribution in [2.45, 2.75) is 19.3 Å². The molecule has 6 nitrogen and oxygen atoms in total. The smallest absolute Gasteiger partial charge is 0.308 e. The normalized spacial score (nSPS) is 10.7. The van der Waals surface area contributed by atoms with Crippen LogP contribution in [0.3, 0.4) is 0 Å². The largest absolute Gasteiger partial charge is 0.427 e. The van der Waals surface area contributed by atoms with E-state index < -0.39 is 5.97 Å². The SMILES string of the molecule is CC(=O)Oc1cccc(C(=O)NCCc2cc(C(c3ccccc3)c3ccccc3)c[nH]c2=O)c1. The maximum atomic E-state index is 12.6. The van der Waals surface area contributed by atoms with E-state index in [4.69, 9.17) is 4.74 Å². The second-order valence-corrected chi connectivity index (χ2v) is 8.17. The Balaban J connectivity index is 1.51. The van der Waals surface area contributed by atoms with Crippen LogP contribution < -0.4 is 15.6 Å². The molecule has 6 heteroatoms. The molecule has 0 radical (unpaired) electrons. The molecule has 0 aliphatic rings. The molecule has 0 saturated carbocycles. The summed E-state index contributed by atoms with van der Waals surface area (Å²) < 4.78 is 5.04. The number of aromatic nitrogens is 1. The van der Waals surface area contributed by atoms with E-state index >= 15 is 0 Å². The zero-order valence-electron chi connectivity index (χ0n) is 19.4. The number of H-pyrrole nitrogens is 1. The van der Waals surface area contributed by atoms with E-state index in [9.17, 15) is 14.4 Å². The number of ether oxygens (including phenoxy) is 1. The van der Waals surface area contributed by atoms with Gasteiger partial charge in [-0.25, -0.2) is 0 Å². The van der Waals surface area contributed by atoms with Gasteiger partial charge in [-0.1, -0.05) is 66.7 Å². The number of amides is 1. The van der Waals surface area contributed by atoms with E-state index in [-0.39, 0.29) is 23.9 Å². The van der Waals surface area contributed by atoms with E-state index in [1.54, 1.807) is 24.4 Å². The minimum Gasteiger partial charge on any atom is -0.427 e. The number of carbonyl (C=O) groups excluding carboxylic acids is 2. The minimum absolute atomic E-state index is 0.0355. The summed E-state index contributed by atoms with van der Waals surface area (Å²) in [6.45, 7) is 1.59. The highest BCUT2D eigenvalue weighted by atomic mass is 16.5. The molecule has 0 spiro atoms. The molecule has 3 aromatic carbocycles. The number of hydrogen-bond acceptors (Lipinski definition) is 4. The van der Waals surface area contributed by atoms with Crippen LogP contribution in [0.4, 0.5) is 0 Å². The van der Waals surface area contributed by atoms with E-state index in [0.717, 1.165) is 16.7 Å². The van der Waals surface area contributed by atoms with Crippen molar-refractivity contribution in [3.05, 3.63) is 135 Å². The summed E-state index contributed by atoms with van der Waals surface area (Å²) in [5.74, 6) is -0.488. The fourth-order valence-electron chi connectivity index (χ4n) is 4.05. The maximum Gasteiger partial charge on any atom is 0.308 e. The van der Waals surface area contributed by atoms with Crippen molar-refractivity contribution in [2.24, 2.45) is 0 Å². The maximum absolute atomic E-state index is 12.6. The fraction of sp³-hybridized carbons (Fsp3) is 0.138. The Morgan fingerprint density at radius 3 is 2.14 bits per heavy atom. The van der Waals surface area contributed by atoms with Crippen LogP contribution in [0, 0.1) is 0 Å². The Labute approximate surface area is 203 Å². The van der Waals surface area contributed by atoms with Gasteiger partial charge < -0.3 is 15.0 Å². The van der Waals surface area contributed by atoms with Gasteiger partial charge in [0.05, 0.1) is 0 Å². The fourth-order valence-corrected chi connectivity index (χ4v) is 4.05. The first-order valence-corrected chi connectivity index (χ1v) is 11.4. The molecule has 0 bridgehead atoms. The molecule has 4 rings (SSSR count). The lowest BCUT2D eigenvalue weighted by Gasteiger charge is -2.19. The number of nitrogens with one attached hydrogen (secondary N) is 2. The molecule has 1 heterocycles. The molecule has 0 aliphatic heterocycles. The second kappa shape index (κ2) is 11.1. The molecule has 2 N–H and O–H groups in total. The first-order valence-electron chi connectivity index (χ1n) is 11.4. The van der Waals surface area contributed by atoms with Crippen LogP contribution in [-0.4, -0.2) is 23.4 Å². The molecular weight excluding hydrogens is 440 g/mol. The highest BCUT2D eigenvalue weighted by molar-refractivity contribution is 5.94. The number of rotatable bonds is 8. The topological polar surface area (TPSA) is 88.3 Å². The molecule has 1 amide bonds. The van der Waals surface area contributed by atoms with Crippen molar-refractivity contribution in [1.82, 2.24) is 10.3 Å². The van der Waals surface area contributed by atoms with Gasteiger partial charge in [-0.3, -0.25) is 14.4 Å². The molecule has 0 fully saturated rings. The summed E-state index contributed by atoms with van der Waals surface area (Å²) >= 11 is 0. The lowest BCUT2D eigenvalue weighted by Crippen LogP contribution is -2.27. The third-order valence-electron chi connectivity index (χ3n) is 5.64. The summed E-state index contributed by atoms with van der Waals surface area (Å²) in [6, 6.07) is 28.6. The summed E-state index contributed by atoms with van der Waals surface area (Å²) in [7, 11) is 0. The lowest BCUT2D eigenvalue weighted by molar-refractivity contribution is -0.131. The van der Waals surface area contributed by atoms with Crippen LogP contribution in [0.15, 0.2) is 102 Å². The van der Waals surface area contributed by atoms with Gasteiger partial charge in [0.15, 0.2) is 0 Å². The predicted molar refractivity (Wildman–Crippen MR) is 135 cm³/mol. The second-order valence-electron chi connectivity index (χ2n) is 8.17. The summed E-state index contributed by atoms with van der Waals surface area (Å²) in [6.07, 6.45) is 2.13.